The lowest BCUT2D eigenvalue weighted by molar-refractivity contribution is 0.482. The number of nitrogens with one attached hydrogen (secondary N) is 2. The fourth-order valence-electron chi connectivity index (χ4n) is 0.795. The molecule has 2 N–H and O–H groups in total. The lowest BCUT2D eigenvalue weighted by Crippen LogP contribution is -2.37. The van der Waals surface area contributed by atoms with Crippen LogP contribution < -0.4 is 0 Å². The van der Waals surface area contributed by atoms with Gasteiger partial charge in [-0.25, -0.2) is 0 Å². The first-order valence-corrected chi connectivity index (χ1v) is 3.88. The highest BCUT2D eigenvalue weighted by atomic mass is 15.2. The van der Waals surface area contributed by atoms with E-state index in [1.807, 2.05) is 27.7 Å². The number of rotatable bonds is 3. The molecule has 0 fully saturated rings. The maximum Gasteiger partial charge on any atom is 0.104 e. The van der Waals surface area contributed by atoms with Gasteiger partial charge < -0.3 is 4.90 Å². The van der Waals surface area contributed by atoms with Gasteiger partial charge in [0.2, 0.25) is 0 Å². The second kappa shape index (κ2) is 4.11. The molecule has 0 aliphatic carbocycles. The van der Waals surface area contributed by atoms with Crippen LogP contribution in [0, 0.1) is 16.7 Å². The van der Waals surface area contributed by atoms with Crippen LogP contribution in [0.2, 0.25) is 0 Å². The van der Waals surface area contributed by atoms with E-state index in [1.54, 1.807) is 4.90 Å². The van der Waals surface area contributed by atoms with Crippen molar-refractivity contribution in [2.75, 3.05) is 0 Å². The molecule has 0 heterocycles. The fraction of sp³-hybridized carbons (Fsp3) is 0.750. The molecule has 3 nitrogen and oxygen atoms in total. The standard InChI is InChI=1S/C8H17N3/c1-6(2)8(10)11(5-9)7(3)4/h5-7,9-10H,1-4H3. The van der Waals surface area contributed by atoms with Gasteiger partial charge in [-0.2, -0.15) is 0 Å². The predicted molar refractivity (Wildman–Crippen MR) is 48.3 cm³/mol. The molecule has 0 rings (SSSR count). The maximum absolute atomic E-state index is 7.61. The van der Waals surface area contributed by atoms with Crippen LogP contribution in [0.3, 0.4) is 0 Å². The Hall–Kier alpha value is -0.860. The van der Waals surface area contributed by atoms with E-state index in [1.165, 1.54) is 6.34 Å². The van der Waals surface area contributed by atoms with Crippen molar-refractivity contribution in [2.45, 2.75) is 33.7 Å². The zero-order chi connectivity index (χ0) is 9.02. The highest BCUT2D eigenvalue weighted by molar-refractivity contribution is 5.90. The molecule has 3 heteroatoms. The molecule has 0 aliphatic rings. The first kappa shape index (κ1) is 10.1. The highest BCUT2D eigenvalue weighted by Crippen LogP contribution is 2.03. The lowest BCUT2D eigenvalue weighted by Gasteiger charge is -2.25. The van der Waals surface area contributed by atoms with E-state index in [-0.39, 0.29) is 12.0 Å². The summed E-state index contributed by atoms with van der Waals surface area (Å²) in [6.45, 7) is 7.87. The number of nitrogens with zero attached hydrogens (tertiary/aromatic N) is 1. The van der Waals surface area contributed by atoms with Gasteiger partial charge >= 0.3 is 0 Å². The van der Waals surface area contributed by atoms with Crippen molar-refractivity contribution >= 4 is 12.2 Å². The van der Waals surface area contributed by atoms with Gasteiger partial charge in [-0.05, 0) is 13.8 Å². The van der Waals surface area contributed by atoms with E-state index in [0.29, 0.717) is 5.84 Å². The van der Waals surface area contributed by atoms with Gasteiger partial charge in [-0.1, -0.05) is 13.8 Å². The number of amidine groups is 1. The zero-order valence-corrected chi connectivity index (χ0v) is 7.68. The molecule has 0 aromatic heterocycles. The molecule has 0 spiro atoms. The first-order chi connectivity index (χ1) is 5.00. The Balaban J connectivity index is 4.26. The molecule has 0 saturated heterocycles. The Morgan fingerprint density at radius 2 is 1.73 bits per heavy atom. The summed E-state index contributed by atoms with van der Waals surface area (Å²) in [5.74, 6) is 0.703. The molecule has 0 radical (unpaired) electrons. The van der Waals surface area contributed by atoms with Crippen molar-refractivity contribution in [1.29, 1.82) is 10.8 Å². The van der Waals surface area contributed by atoms with Crippen LogP contribution in [-0.2, 0) is 0 Å². The monoisotopic (exact) mass is 155 g/mol. The normalized spacial score (nSPS) is 10.4. The summed E-state index contributed by atoms with van der Waals surface area (Å²) in [6.07, 6.45) is 1.22. The van der Waals surface area contributed by atoms with Gasteiger partial charge in [0.25, 0.3) is 0 Å². The van der Waals surface area contributed by atoms with Gasteiger partial charge in [0.15, 0.2) is 0 Å². The summed E-state index contributed by atoms with van der Waals surface area (Å²) in [5, 5.41) is 14.7. The van der Waals surface area contributed by atoms with Crippen LogP contribution in [-0.4, -0.2) is 23.1 Å². The molecular weight excluding hydrogens is 138 g/mol. The van der Waals surface area contributed by atoms with Gasteiger partial charge in [0.1, 0.15) is 5.84 Å². The topological polar surface area (TPSA) is 50.9 Å². The summed E-state index contributed by atoms with van der Waals surface area (Å²) in [7, 11) is 0. The number of hydrogen-bond acceptors (Lipinski definition) is 2. The summed E-state index contributed by atoms with van der Waals surface area (Å²) in [6, 6.07) is 0.211. The predicted octanol–water partition coefficient (Wildman–Crippen LogP) is 1.94. The lowest BCUT2D eigenvalue weighted by atomic mass is 10.1. The average molecular weight is 155 g/mol. The van der Waals surface area contributed by atoms with Crippen LogP contribution in [0.15, 0.2) is 0 Å². The minimum atomic E-state index is 0.194. The minimum absolute atomic E-state index is 0.194. The van der Waals surface area contributed by atoms with E-state index in [2.05, 4.69) is 0 Å². The molecule has 0 atom stereocenters. The van der Waals surface area contributed by atoms with Crippen molar-refractivity contribution < 1.29 is 0 Å². The fourth-order valence-corrected chi connectivity index (χ4v) is 0.795. The highest BCUT2D eigenvalue weighted by Gasteiger charge is 2.13. The number of hydrogen-bond donors (Lipinski definition) is 2. The molecule has 0 amide bonds. The minimum Gasteiger partial charge on any atom is -0.319 e. The van der Waals surface area contributed by atoms with Crippen LogP contribution >= 0.6 is 0 Å². The van der Waals surface area contributed by atoms with E-state index in [9.17, 15) is 0 Å². The van der Waals surface area contributed by atoms with E-state index in [4.69, 9.17) is 10.8 Å². The second-order valence-corrected chi connectivity index (χ2v) is 3.17. The van der Waals surface area contributed by atoms with Crippen LogP contribution in [0.4, 0.5) is 0 Å². The summed E-state index contributed by atoms with van der Waals surface area (Å²) >= 11 is 0. The third-order valence-electron chi connectivity index (χ3n) is 1.52. The largest absolute Gasteiger partial charge is 0.319 e. The van der Waals surface area contributed by atoms with Crippen molar-refractivity contribution in [3.8, 4) is 0 Å². The van der Waals surface area contributed by atoms with Crippen molar-refractivity contribution in [1.82, 2.24) is 4.90 Å². The Bertz CT molecular complexity index is 149. The van der Waals surface area contributed by atoms with Gasteiger partial charge in [-0.3, -0.25) is 10.8 Å². The van der Waals surface area contributed by atoms with E-state index in [0.717, 1.165) is 0 Å². The van der Waals surface area contributed by atoms with Gasteiger partial charge in [0.05, 0.1) is 6.34 Å². The Morgan fingerprint density at radius 1 is 1.27 bits per heavy atom. The van der Waals surface area contributed by atoms with Crippen LogP contribution in [0.1, 0.15) is 27.7 Å². The molecule has 0 saturated carbocycles. The molecule has 0 bridgehead atoms. The quantitative estimate of drug-likeness (QED) is 0.475. The Labute approximate surface area is 68.4 Å². The molecule has 0 unspecified atom stereocenters. The maximum atomic E-state index is 7.61. The van der Waals surface area contributed by atoms with Crippen molar-refractivity contribution in [3.05, 3.63) is 0 Å². The van der Waals surface area contributed by atoms with Crippen LogP contribution in [0.25, 0.3) is 0 Å². The van der Waals surface area contributed by atoms with E-state index >= 15 is 0 Å². The van der Waals surface area contributed by atoms with Crippen LogP contribution in [0.5, 0.6) is 0 Å². The Morgan fingerprint density at radius 3 is 1.82 bits per heavy atom. The molecular formula is C8H17N3. The van der Waals surface area contributed by atoms with Gasteiger partial charge in [0, 0.05) is 12.0 Å². The van der Waals surface area contributed by atoms with Crippen molar-refractivity contribution in [3.63, 3.8) is 0 Å². The molecule has 11 heavy (non-hydrogen) atoms. The summed E-state index contributed by atoms with van der Waals surface area (Å²) < 4.78 is 0. The molecule has 0 aliphatic heterocycles. The molecule has 0 aromatic carbocycles. The zero-order valence-electron chi connectivity index (χ0n) is 7.68. The SMILES string of the molecule is CC(C)C(=N)N(C=N)C(C)C. The third kappa shape index (κ3) is 2.70. The van der Waals surface area contributed by atoms with Crippen molar-refractivity contribution in [2.24, 2.45) is 5.92 Å². The first-order valence-electron chi connectivity index (χ1n) is 3.88. The second-order valence-electron chi connectivity index (χ2n) is 3.17. The van der Waals surface area contributed by atoms with Gasteiger partial charge in [-0.15, -0.1) is 0 Å². The molecule has 0 aromatic rings. The Kier molecular flexibility index (Phi) is 3.79. The van der Waals surface area contributed by atoms with E-state index < -0.39 is 0 Å². The third-order valence-corrected chi connectivity index (χ3v) is 1.52. The summed E-state index contributed by atoms with van der Waals surface area (Å²) in [4.78, 5) is 1.66. The average Bonchev–Trinajstić information content (AvgIpc) is 1.88. The molecule has 64 valence electrons. The summed E-state index contributed by atoms with van der Waals surface area (Å²) in [5.41, 5.74) is 0. The smallest absolute Gasteiger partial charge is 0.104 e.